The van der Waals surface area contributed by atoms with Gasteiger partial charge in [0.1, 0.15) is 12.2 Å². The van der Waals surface area contributed by atoms with Gasteiger partial charge in [0.2, 0.25) is 0 Å². The molecule has 0 N–H and O–H groups in total. The number of hydrogen-bond donors (Lipinski definition) is 0. The molecule has 2 heterocycles. The number of anilines is 1. The lowest BCUT2D eigenvalue weighted by Crippen LogP contribution is -2.55. The van der Waals surface area contributed by atoms with Gasteiger partial charge in [-0.2, -0.15) is 0 Å². The molecule has 7 heteroatoms. The Hall–Kier alpha value is -3.22. The van der Waals surface area contributed by atoms with Gasteiger partial charge in [-0.1, -0.05) is 42.5 Å². The fourth-order valence-electron chi connectivity index (χ4n) is 4.41. The molecule has 2 aromatic rings. The summed E-state index contributed by atoms with van der Waals surface area (Å²) in [6.07, 6.45) is -0.565. The van der Waals surface area contributed by atoms with Crippen LogP contribution >= 0.6 is 0 Å². The van der Waals surface area contributed by atoms with E-state index in [0.717, 1.165) is 28.9 Å². The molecular formula is C26H33N3O4. The highest BCUT2D eigenvalue weighted by molar-refractivity contribution is 5.72. The predicted octanol–water partition coefficient (Wildman–Crippen LogP) is 4.78. The average molecular weight is 452 g/mol. The monoisotopic (exact) mass is 451 g/mol. The standard InChI is InChI=1S/C26H33N3O4/c1-19-15-27(13-14-29(19)25(31)33-26(2,3)4)23-12-8-11-21-16-28(17-22(21)23)24(30)32-18-20-9-6-5-7-10-20/h5-12,19H,13-18H2,1-4H3/t19-/m0/s1. The first-order valence-corrected chi connectivity index (χ1v) is 11.5. The minimum Gasteiger partial charge on any atom is -0.445 e. The zero-order valence-corrected chi connectivity index (χ0v) is 19.9. The van der Waals surface area contributed by atoms with Crippen LogP contribution in [-0.4, -0.2) is 53.3 Å². The van der Waals surface area contributed by atoms with Crippen LogP contribution in [0.4, 0.5) is 15.3 Å². The Morgan fingerprint density at radius 1 is 0.970 bits per heavy atom. The van der Waals surface area contributed by atoms with Crippen LogP contribution in [0.15, 0.2) is 48.5 Å². The lowest BCUT2D eigenvalue weighted by Gasteiger charge is -2.41. The summed E-state index contributed by atoms with van der Waals surface area (Å²) in [5, 5.41) is 0. The number of benzene rings is 2. The van der Waals surface area contributed by atoms with Crippen molar-refractivity contribution >= 4 is 17.9 Å². The quantitative estimate of drug-likeness (QED) is 0.672. The number of hydrogen-bond acceptors (Lipinski definition) is 5. The van der Waals surface area contributed by atoms with Crippen molar-refractivity contribution in [3.05, 3.63) is 65.2 Å². The maximum absolute atomic E-state index is 12.7. The van der Waals surface area contributed by atoms with Gasteiger partial charge >= 0.3 is 12.2 Å². The van der Waals surface area contributed by atoms with Crippen LogP contribution in [0.1, 0.15) is 44.4 Å². The summed E-state index contributed by atoms with van der Waals surface area (Å²) in [4.78, 5) is 31.1. The van der Waals surface area contributed by atoms with Crippen molar-refractivity contribution in [1.29, 1.82) is 0 Å². The normalized spacial score (nSPS) is 18.2. The van der Waals surface area contributed by atoms with Gasteiger partial charge in [0.25, 0.3) is 0 Å². The van der Waals surface area contributed by atoms with Crippen molar-refractivity contribution in [1.82, 2.24) is 9.80 Å². The van der Waals surface area contributed by atoms with Crippen molar-refractivity contribution in [3.63, 3.8) is 0 Å². The van der Waals surface area contributed by atoms with E-state index >= 15 is 0 Å². The third-order valence-electron chi connectivity index (χ3n) is 6.02. The molecule has 7 nitrogen and oxygen atoms in total. The molecule has 1 saturated heterocycles. The second kappa shape index (κ2) is 9.33. The fourth-order valence-corrected chi connectivity index (χ4v) is 4.41. The maximum Gasteiger partial charge on any atom is 0.410 e. The second-order valence-electron chi connectivity index (χ2n) is 9.78. The molecule has 0 aromatic heterocycles. The number of carbonyl (C=O) groups is 2. The molecular weight excluding hydrogens is 418 g/mol. The number of ether oxygens (including phenoxy) is 2. The summed E-state index contributed by atoms with van der Waals surface area (Å²) in [6.45, 7) is 11.1. The van der Waals surface area contributed by atoms with Crippen LogP contribution in [-0.2, 0) is 29.2 Å². The Balaban J connectivity index is 1.39. The van der Waals surface area contributed by atoms with Crippen LogP contribution in [0.2, 0.25) is 0 Å². The van der Waals surface area contributed by atoms with E-state index < -0.39 is 5.60 Å². The molecule has 0 aliphatic carbocycles. The fraction of sp³-hybridized carbons (Fsp3) is 0.462. The maximum atomic E-state index is 12.7. The van der Waals surface area contributed by atoms with E-state index in [1.54, 1.807) is 9.80 Å². The number of fused-ring (bicyclic) bond motifs is 1. The molecule has 2 aliphatic heterocycles. The zero-order valence-electron chi connectivity index (χ0n) is 19.9. The van der Waals surface area contributed by atoms with E-state index in [1.165, 1.54) is 0 Å². The highest BCUT2D eigenvalue weighted by Crippen LogP contribution is 2.33. The SMILES string of the molecule is C[C@H]1CN(c2cccc3c2CN(C(=O)OCc2ccccc2)C3)CCN1C(=O)OC(C)(C)C. The van der Waals surface area contributed by atoms with E-state index in [4.69, 9.17) is 9.47 Å². The Labute approximate surface area is 195 Å². The molecule has 1 fully saturated rings. The van der Waals surface area contributed by atoms with Crippen LogP contribution < -0.4 is 4.90 Å². The highest BCUT2D eigenvalue weighted by Gasteiger charge is 2.33. The number of carbonyl (C=O) groups excluding carboxylic acids is 2. The van der Waals surface area contributed by atoms with E-state index in [9.17, 15) is 9.59 Å². The first kappa shape index (κ1) is 23.0. The largest absolute Gasteiger partial charge is 0.445 e. The molecule has 33 heavy (non-hydrogen) atoms. The van der Waals surface area contributed by atoms with Crippen LogP contribution in [0, 0.1) is 0 Å². The number of rotatable bonds is 3. The van der Waals surface area contributed by atoms with Crippen LogP contribution in [0.3, 0.4) is 0 Å². The molecule has 0 radical (unpaired) electrons. The van der Waals surface area contributed by atoms with Crippen molar-refractivity contribution in [2.75, 3.05) is 24.5 Å². The molecule has 1 atom stereocenters. The van der Waals surface area contributed by atoms with Gasteiger partial charge in [0.05, 0.1) is 6.54 Å². The molecule has 4 rings (SSSR count). The molecule has 2 aliphatic rings. The Bertz CT molecular complexity index is 1000. The van der Waals surface area contributed by atoms with E-state index in [0.29, 0.717) is 26.2 Å². The van der Waals surface area contributed by atoms with E-state index in [2.05, 4.69) is 17.0 Å². The van der Waals surface area contributed by atoms with Gasteiger partial charge in [-0.15, -0.1) is 0 Å². The van der Waals surface area contributed by atoms with Crippen molar-refractivity contribution < 1.29 is 19.1 Å². The minimum absolute atomic E-state index is 0.0257. The Morgan fingerprint density at radius 2 is 1.73 bits per heavy atom. The topological polar surface area (TPSA) is 62.3 Å². The summed E-state index contributed by atoms with van der Waals surface area (Å²) in [7, 11) is 0. The van der Waals surface area contributed by atoms with Gasteiger partial charge in [0.15, 0.2) is 0 Å². The third kappa shape index (κ3) is 5.41. The highest BCUT2D eigenvalue weighted by atomic mass is 16.6. The van der Waals surface area contributed by atoms with Gasteiger partial charge in [-0.25, -0.2) is 9.59 Å². The van der Waals surface area contributed by atoms with Gasteiger partial charge in [0, 0.05) is 37.9 Å². The van der Waals surface area contributed by atoms with Gasteiger partial charge < -0.3 is 19.3 Å². The summed E-state index contributed by atoms with van der Waals surface area (Å²) in [5.74, 6) is 0. The smallest absolute Gasteiger partial charge is 0.410 e. The minimum atomic E-state index is -0.507. The molecule has 2 aromatic carbocycles. The molecule has 2 amide bonds. The van der Waals surface area contributed by atoms with Gasteiger partial charge in [-0.3, -0.25) is 4.90 Å². The Morgan fingerprint density at radius 3 is 2.42 bits per heavy atom. The summed E-state index contributed by atoms with van der Waals surface area (Å²) in [6, 6.07) is 15.9. The molecule has 176 valence electrons. The van der Waals surface area contributed by atoms with Gasteiger partial charge in [-0.05, 0) is 50.5 Å². The number of nitrogens with zero attached hydrogens (tertiary/aromatic N) is 3. The number of piperazine rings is 1. The lowest BCUT2D eigenvalue weighted by atomic mass is 10.1. The van der Waals surface area contributed by atoms with E-state index in [1.807, 2.05) is 64.1 Å². The summed E-state index contributed by atoms with van der Waals surface area (Å²) >= 11 is 0. The second-order valence-corrected chi connectivity index (χ2v) is 9.78. The molecule has 0 unspecified atom stereocenters. The third-order valence-corrected chi connectivity index (χ3v) is 6.02. The van der Waals surface area contributed by atoms with Crippen molar-refractivity contribution in [2.24, 2.45) is 0 Å². The van der Waals surface area contributed by atoms with E-state index in [-0.39, 0.29) is 24.8 Å². The average Bonchev–Trinajstić information content (AvgIpc) is 3.21. The molecule has 0 bridgehead atoms. The van der Waals surface area contributed by atoms with Crippen LogP contribution in [0.5, 0.6) is 0 Å². The zero-order chi connectivity index (χ0) is 23.6. The van der Waals surface area contributed by atoms with Crippen LogP contribution in [0.25, 0.3) is 0 Å². The van der Waals surface area contributed by atoms with Crippen molar-refractivity contribution in [3.8, 4) is 0 Å². The summed E-state index contributed by atoms with van der Waals surface area (Å²) in [5.41, 5.74) is 3.90. The predicted molar refractivity (Wildman–Crippen MR) is 127 cm³/mol. The van der Waals surface area contributed by atoms with Crippen molar-refractivity contribution in [2.45, 2.75) is 59.0 Å². The first-order valence-electron chi connectivity index (χ1n) is 11.5. The Kier molecular flexibility index (Phi) is 6.49. The molecule has 0 saturated carbocycles. The lowest BCUT2D eigenvalue weighted by molar-refractivity contribution is 0.0159. The molecule has 0 spiro atoms. The number of amides is 2. The first-order chi connectivity index (χ1) is 15.7. The summed E-state index contributed by atoms with van der Waals surface area (Å²) < 4.78 is 11.1.